The summed E-state index contributed by atoms with van der Waals surface area (Å²) in [6.45, 7) is 2.24. The Morgan fingerprint density at radius 3 is 2.21 bits per heavy atom. The van der Waals surface area contributed by atoms with Gasteiger partial charge in [0.25, 0.3) is 0 Å². The van der Waals surface area contributed by atoms with Gasteiger partial charge in [0.1, 0.15) is 0 Å². The summed E-state index contributed by atoms with van der Waals surface area (Å²) in [6, 6.07) is 11.7. The number of benzene rings is 2. The maximum Gasteiger partial charge on any atom is 0.229 e. The summed E-state index contributed by atoms with van der Waals surface area (Å²) in [5.74, 6) is 1.33. The molecule has 1 fully saturated rings. The van der Waals surface area contributed by atoms with Crippen molar-refractivity contribution in [2.24, 2.45) is 5.41 Å². The predicted octanol–water partition coefficient (Wildman–Crippen LogP) is 2.80. The third-order valence-corrected chi connectivity index (χ3v) is 5.47. The minimum Gasteiger partial charge on any atom is -0.493 e. The van der Waals surface area contributed by atoms with Gasteiger partial charge in [-0.25, -0.2) is 0 Å². The number of nitrogens with one attached hydrogen (secondary N) is 1. The van der Waals surface area contributed by atoms with Gasteiger partial charge in [-0.3, -0.25) is 4.79 Å². The number of methoxy groups -OCH3 is 3. The van der Waals surface area contributed by atoms with E-state index < -0.39 is 5.41 Å². The molecule has 1 aliphatic rings. The minimum atomic E-state index is -0.824. The lowest BCUT2D eigenvalue weighted by Gasteiger charge is -2.17. The molecule has 2 atom stereocenters. The van der Waals surface area contributed by atoms with Gasteiger partial charge in [0.2, 0.25) is 11.7 Å². The molecule has 0 aromatic heterocycles. The molecule has 2 N–H and O–H groups in total. The zero-order chi connectivity index (χ0) is 20.3. The predicted molar refractivity (Wildman–Crippen MR) is 106 cm³/mol. The van der Waals surface area contributed by atoms with Gasteiger partial charge < -0.3 is 24.6 Å². The number of aliphatic hydroxyl groups excluding tert-OH is 1. The second-order valence-corrected chi connectivity index (χ2v) is 7.20. The lowest BCUT2D eigenvalue weighted by atomic mass is 9.98. The maximum absolute atomic E-state index is 12.9. The molecule has 3 rings (SSSR count). The van der Waals surface area contributed by atoms with Crippen LogP contribution in [0.25, 0.3) is 0 Å². The topological polar surface area (TPSA) is 77.0 Å². The molecule has 1 saturated carbocycles. The highest BCUT2D eigenvalue weighted by atomic mass is 16.5. The Morgan fingerprint density at radius 1 is 1.11 bits per heavy atom. The van der Waals surface area contributed by atoms with Crippen molar-refractivity contribution in [2.45, 2.75) is 25.8 Å². The Morgan fingerprint density at radius 2 is 1.71 bits per heavy atom. The van der Waals surface area contributed by atoms with Crippen LogP contribution < -0.4 is 19.5 Å². The molecule has 0 bridgehead atoms. The van der Waals surface area contributed by atoms with Crippen LogP contribution in [0.15, 0.2) is 36.4 Å². The van der Waals surface area contributed by atoms with Gasteiger partial charge in [0, 0.05) is 12.5 Å². The fraction of sp³-hybridized carbons (Fsp3) is 0.409. The van der Waals surface area contributed by atoms with Crippen molar-refractivity contribution < 1.29 is 24.1 Å². The quantitative estimate of drug-likeness (QED) is 0.731. The van der Waals surface area contributed by atoms with Crippen molar-refractivity contribution in [3.05, 3.63) is 53.1 Å². The highest BCUT2D eigenvalue weighted by molar-refractivity contribution is 5.87. The molecule has 1 aliphatic carbocycles. The van der Waals surface area contributed by atoms with Gasteiger partial charge >= 0.3 is 0 Å². The SMILES string of the molecule is COc1cc([C@@H]2C[C@@]2(CO)C(=O)NCc2ccc(C)cc2)cc(OC)c1OC. The standard InChI is InChI=1S/C22H27NO5/c1-14-5-7-15(8-6-14)12-23-21(25)22(13-24)11-17(22)16-9-18(26-2)20(28-4)19(10-16)27-3/h5-10,17,24H,11-13H2,1-4H3,(H,23,25)/t17-,22-/m0/s1. The van der Waals surface area contributed by atoms with Crippen molar-refractivity contribution >= 4 is 5.91 Å². The first-order chi connectivity index (χ1) is 13.5. The molecule has 6 heteroatoms. The number of hydrogen-bond donors (Lipinski definition) is 2. The summed E-state index contributed by atoms with van der Waals surface area (Å²) in [5, 5.41) is 13.0. The Bertz CT molecular complexity index is 824. The summed E-state index contributed by atoms with van der Waals surface area (Å²) in [6.07, 6.45) is 0.571. The third-order valence-electron chi connectivity index (χ3n) is 5.47. The lowest BCUT2D eigenvalue weighted by Crippen LogP contribution is -2.35. The molecule has 28 heavy (non-hydrogen) atoms. The van der Waals surface area contributed by atoms with Crippen LogP contribution >= 0.6 is 0 Å². The zero-order valence-corrected chi connectivity index (χ0v) is 16.7. The van der Waals surface area contributed by atoms with Crippen LogP contribution in [-0.2, 0) is 11.3 Å². The number of rotatable bonds is 8. The average molecular weight is 385 g/mol. The molecule has 0 unspecified atom stereocenters. The molecule has 2 aromatic rings. The first-order valence-corrected chi connectivity index (χ1v) is 9.23. The van der Waals surface area contributed by atoms with E-state index in [-0.39, 0.29) is 18.4 Å². The third kappa shape index (κ3) is 3.64. The van der Waals surface area contributed by atoms with E-state index in [1.165, 1.54) is 5.56 Å². The van der Waals surface area contributed by atoms with Crippen molar-refractivity contribution in [3.8, 4) is 17.2 Å². The number of ether oxygens (including phenoxy) is 3. The Hall–Kier alpha value is -2.73. The normalized spacial score (nSPS) is 20.4. The maximum atomic E-state index is 12.9. The largest absolute Gasteiger partial charge is 0.493 e. The van der Waals surface area contributed by atoms with Gasteiger partial charge in [0.05, 0.1) is 33.4 Å². The smallest absolute Gasteiger partial charge is 0.229 e. The molecule has 2 aromatic carbocycles. The summed E-state index contributed by atoms with van der Waals surface area (Å²) in [5.41, 5.74) is 2.26. The first kappa shape index (κ1) is 20.0. The number of amides is 1. The Balaban J connectivity index is 1.77. The second-order valence-electron chi connectivity index (χ2n) is 7.20. The first-order valence-electron chi connectivity index (χ1n) is 9.23. The summed E-state index contributed by atoms with van der Waals surface area (Å²) >= 11 is 0. The molecular weight excluding hydrogens is 358 g/mol. The van der Waals surface area contributed by atoms with Crippen LogP contribution in [-0.4, -0.2) is 38.9 Å². The van der Waals surface area contributed by atoms with Crippen LogP contribution in [0.4, 0.5) is 0 Å². The van der Waals surface area contributed by atoms with Gasteiger partial charge in [0.15, 0.2) is 11.5 Å². The molecule has 0 aliphatic heterocycles. The number of carbonyl (C=O) groups excluding carboxylic acids is 1. The summed E-state index contributed by atoms with van der Waals surface area (Å²) < 4.78 is 16.2. The van der Waals surface area contributed by atoms with Crippen LogP contribution in [0.3, 0.4) is 0 Å². The van der Waals surface area contributed by atoms with E-state index in [4.69, 9.17) is 14.2 Å². The summed E-state index contributed by atoms with van der Waals surface area (Å²) in [4.78, 5) is 12.9. The fourth-order valence-electron chi connectivity index (χ4n) is 3.61. The molecule has 0 spiro atoms. The Labute approximate surface area is 165 Å². The lowest BCUT2D eigenvalue weighted by molar-refractivity contribution is -0.128. The van der Waals surface area contributed by atoms with Crippen LogP contribution in [0, 0.1) is 12.3 Å². The van der Waals surface area contributed by atoms with Crippen molar-refractivity contribution in [2.75, 3.05) is 27.9 Å². The van der Waals surface area contributed by atoms with Crippen molar-refractivity contribution in [3.63, 3.8) is 0 Å². The molecule has 0 radical (unpaired) electrons. The molecule has 0 saturated heterocycles. The molecule has 6 nitrogen and oxygen atoms in total. The fourth-order valence-corrected chi connectivity index (χ4v) is 3.61. The van der Waals surface area contributed by atoms with E-state index in [9.17, 15) is 9.90 Å². The van der Waals surface area contributed by atoms with E-state index in [1.807, 2.05) is 43.3 Å². The monoisotopic (exact) mass is 385 g/mol. The number of aryl methyl sites for hydroxylation is 1. The van der Waals surface area contributed by atoms with Gasteiger partial charge in [-0.05, 0) is 36.6 Å². The van der Waals surface area contributed by atoms with E-state index >= 15 is 0 Å². The van der Waals surface area contributed by atoms with Gasteiger partial charge in [-0.1, -0.05) is 29.8 Å². The van der Waals surface area contributed by atoms with E-state index in [0.29, 0.717) is 30.2 Å². The van der Waals surface area contributed by atoms with Crippen LogP contribution in [0.1, 0.15) is 29.0 Å². The van der Waals surface area contributed by atoms with Gasteiger partial charge in [-0.2, -0.15) is 0 Å². The average Bonchev–Trinajstić information content (AvgIpc) is 3.48. The second kappa shape index (κ2) is 8.10. The zero-order valence-electron chi connectivity index (χ0n) is 16.7. The minimum absolute atomic E-state index is 0.107. The number of aliphatic hydroxyl groups is 1. The Kier molecular flexibility index (Phi) is 5.79. The van der Waals surface area contributed by atoms with Crippen molar-refractivity contribution in [1.29, 1.82) is 0 Å². The molecule has 1 amide bonds. The molecular formula is C22H27NO5. The van der Waals surface area contributed by atoms with Crippen molar-refractivity contribution in [1.82, 2.24) is 5.32 Å². The number of hydrogen-bond acceptors (Lipinski definition) is 5. The van der Waals surface area contributed by atoms with E-state index in [1.54, 1.807) is 21.3 Å². The highest BCUT2D eigenvalue weighted by Crippen LogP contribution is 2.60. The van der Waals surface area contributed by atoms with E-state index in [2.05, 4.69) is 5.32 Å². The van der Waals surface area contributed by atoms with Gasteiger partial charge in [-0.15, -0.1) is 0 Å². The van der Waals surface area contributed by atoms with Crippen LogP contribution in [0.2, 0.25) is 0 Å². The highest BCUT2D eigenvalue weighted by Gasteiger charge is 2.60. The van der Waals surface area contributed by atoms with E-state index in [0.717, 1.165) is 11.1 Å². The summed E-state index contributed by atoms with van der Waals surface area (Å²) in [7, 11) is 4.66. The molecule has 0 heterocycles. The molecule has 150 valence electrons. The number of carbonyl (C=O) groups is 1. The van der Waals surface area contributed by atoms with Crippen LogP contribution in [0.5, 0.6) is 17.2 Å².